The highest BCUT2D eigenvalue weighted by Gasteiger charge is 2.37. The summed E-state index contributed by atoms with van der Waals surface area (Å²) in [5.41, 5.74) is 6.27. The SMILES string of the molecule is CS(=O)(=O)O.NC(=O)c1[nH]c2c(NC3CCN(C(=O)O)CC3)cc(Cl)cc2c1S(=O)(=O)N1CCOC(COc2ccccc2)C1. The van der Waals surface area contributed by atoms with Crippen LogP contribution in [0.3, 0.4) is 0 Å². The van der Waals surface area contributed by atoms with Crippen LogP contribution in [0.5, 0.6) is 5.75 Å². The van der Waals surface area contributed by atoms with Gasteiger partial charge in [0.05, 0.1) is 24.1 Å². The van der Waals surface area contributed by atoms with Gasteiger partial charge in [-0.05, 0) is 37.1 Å². The van der Waals surface area contributed by atoms with Crippen molar-refractivity contribution in [1.82, 2.24) is 14.2 Å². The number of nitrogens with zero attached hydrogens (tertiary/aromatic N) is 2. The number of primary amides is 1. The average Bonchev–Trinajstić information content (AvgIpc) is 3.37. The molecule has 2 fully saturated rings. The van der Waals surface area contributed by atoms with Crippen LogP contribution < -0.4 is 15.8 Å². The van der Waals surface area contributed by atoms with Crippen molar-refractivity contribution in [2.24, 2.45) is 5.73 Å². The highest BCUT2D eigenvalue weighted by Crippen LogP contribution is 2.37. The van der Waals surface area contributed by atoms with Crippen molar-refractivity contribution in [2.75, 3.05) is 51.0 Å². The molecule has 0 radical (unpaired) electrons. The Morgan fingerprint density at radius 2 is 1.78 bits per heavy atom. The number of halogens is 1. The third kappa shape index (κ3) is 8.99. The quantitative estimate of drug-likeness (QED) is 0.216. The summed E-state index contributed by atoms with van der Waals surface area (Å²) in [6.45, 7) is 1.13. The maximum Gasteiger partial charge on any atom is 0.407 e. The molecule has 15 nitrogen and oxygen atoms in total. The molecule has 0 saturated carbocycles. The first-order valence-electron chi connectivity index (χ1n) is 13.7. The van der Waals surface area contributed by atoms with E-state index in [4.69, 9.17) is 31.4 Å². The molecule has 2 aromatic carbocycles. The lowest BCUT2D eigenvalue weighted by Crippen LogP contribution is -2.47. The summed E-state index contributed by atoms with van der Waals surface area (Å²) in [6, 6.07) is 12.2. The van der Waals surface area contributed by atoms with Crippen LogP contribution in [0.15, 0.2) is 47.4 Å². The third-order valence-corrected chi connectivity index (χ3v) is 9.24. The fraction of sp³-hybridized carbons (Fsp3) is 0.407. The van der Waals surface area contributed by atoms with Crippen LogP contribution in [0.2, 0.25) is 5.02 Å². The molecular formula is C27H34ClN5O10S2. The van der Waals surface area contributed by atoms with Crippen LogP contribution >= 0.6 is 11.6 Å². The first kappa shape index (κ1) is 34.3. The number of benzene rings is 2. The molecule has 3 heterocycles. The van der Waals surface area contributed by atoms with E-state index in [1.807, 2.05) is 18.2 Å². The Hall–Kier alpha value is -3.61. The van der Waals surface area contributed by atoms with Gasteiger partial charge in [-0.2, -0.15) is 12.7 Å². The zero-order chi connectivity index (χ0) is 32.9. The van der Waals surface area contributed by atoms with Crippen molar-refractivity contribution < 1.29 is 45.6 Å². The number of aromatic nitrogens is 1. The first-order valence-corrected chi connectivity index (χ1v) is 17.4. The normalized spacial score (nSPS) is 18.2. The molecule has 45 heavy (non-hydrogen) atoms. The molecule has 2 aliphatic heterocycles. The van der Waals surface area contributed by atoms with Gasteiger partial charge in [-0.15, -0.1) is 0 Å². The lowest BCUT2D eigenvalue weighted by atomic mass is 10.0. The van der Waals surface area contributed by atoms with Crippen LogP contribution in [0.4, 0.5) is 10.5 Å². The molecule has 1 aromatic heterocycles. The molecule has 246 valence electrons. The van der Waals surface area contributed by atoms with Gasteiger partial charge in [-0.25, -0.2) is 13.2 Å². The summed E-state index contributed by atoms with van der Waals surface area (Å²) in [6.07, 6.45) is 0.325. The minimum absolute atomic E-state index is 0.0217. The molecule has 2 saturated heterocycles. The minimum atomic E-state index is -4.21. The lowest BCUT2D eigenvalue weighted by molar-refractivity contribution is -0.0249. The summed E-state index contributed by atoms with van der Waals surface area (Å²) in [4.78, 5) is 27.7. The number of carboxylic acid groups (broad SMARTS) is 1. The number of piperidine rings is 1. The monoisotopic (exact) mass is 687 g/mol. The number of carbonyl (C=O) groups is 2. The number of para-hydroxylation sites is 1. The Labute approximate surface area is 265 Å². The number of H-pyrrole nitrogens is 1. The van der Waals surface area contributed by atoms with Gasteiger partial charge in [0.1, 0.15) is 29.0 Å². The van der Waals surface area contributed by atoms with Gasteiger partial charge in [-0.1, -0.05) is 29.8 Å². The second-order valence-electron chi connectivity index (χ2n) is 10.5. The molecule has 2 aliphatic rings. The highest BCUT2D eigenvalue weighted by molar-refractivity contribution is 7.89. The molecule has 0 spiro atoms. The van der Waals surface area contributed by atoms with Gasteiger partial charge < -0.3 is 35.5 Å². The number of morpholine rings is 1. The molecule has 18 heteroatoms. The van der Waals surface area contributed by atoms with Gasteiger partial charge in [0, 0.05) is 42.6 Å². The number of rotatable bonds is 8. The number of sulfonamides is 1. The summed E-state index contributed by atoms with van der Waals surface area (Å²) in [5, 5.41) is 13.1. The number of nitrogens with two attached hydrogens (primary N) is 1. The van der Waals surface area contributed by atoms with Crippen LogP contribution in [-0.2, 0) is 24.9 Å². The zero-order valence-electron chi connectivity index (χ0n) is 24.2. The summed E-state index contributed by atoms with van der Waals surface area (Å²) in [5.74, 6) is -0.286. The van der Waals surface area contributed by atoms with E-state index in [0.717, 1.165) is 0 Å². The van der Waals surface area contributed by atoms with Crippen LogP contribution in [0.25, 0.3) is 10.9 Å². The molecule has 1 atom stereocenters. The van der Waals surface area contributed by atoms with Crippen LogP contribution in [-0.4, -0.2) is 110 Å². The van der Waals surface area contributed by atoms with Crippen molar-refractivity contribution >= 4 is 60.3 Å². The summed E-state index contributed by atoms with van der Waals surface area (Å²) < 4.78 is 66.6. The van der Waals surface area contributed by atoms with E-state index >= 15 is 0 Å². The van der Waals surface area contributed by atoms with Crippen molar-refractivity contribution in [3.63, 3.8) is 0 Å². The number of fused-ring (bicyclic) bond motifs is 1. The number of likely N-dealkylation sites (tertiary alicyclic amines) is 1. The minimum Gasteiger partial charge on any atom is -0.491 e. The maximum absolute atomic E-state index is 14.0. The van der Waals surface area contributed by atoms with Gasteiger partial charge in [0.2, 0.25) is 10.0 Å². The van der Waals surface area contributed by atoms with E-state index in [-0.39, 0.29) is 53.3 Å². The Kier molecular flexibility index (Phi) is 10.8. The Morgan fingerprint density at radius 1 is 1.13 bits per heavy atom. The number of aromatic amines is 1. The average molecular weight is 688 g/mol. The van der Waals surface area contributed by atoms with E-state index in [0.29, 0.717) is 49.1 Å². The number of nitrogens with one attached hydrogen (secondary N) is 2. The van der Waals surface area contributed by atoms with E-state index < -0.39 is 38.2 Å². The Bertz CT molecular complexity index is 1740. The van der Waals surface area contributed by atoms with Crippen molar-refractivity contribution in [3.8, 4) is 5.75 Å². The Morgan fingerprint density at radius 3 is 2.38 bits per heavy atom. The number of anilines is 1. The fourth-order valence-corrected chi connectivity index (χ4v) is 7.08. The molecule has 3 aromatic rings. The number of ether oxygens (including phenoxy) is 2. The molecule has 5 rings (SSSR count). The maximum atomic E-state index is 14.0. The van der Waals surface area contributed by atoms with E-state index in [2.05, 4.69) is 10.3 Å². The number of amides is 2. The fourth-order valence-electron chi connectivity index (χ4n) is 5.07. The summed E-state index contributed by atoms with van der Waals surface area (Å²) >= 11 is 6.42. The van der Waals surface area contributed by atoms with Gasteiger partial charge in [0.15, 0.2) is 0 Å². The number of hydrogen-bond donors (Lipinski definition) is 5. The largest absolute Gasteiger partial charge is 0.491 e. The summed E-state index contributed by atoms with van der Waals surface area (Å²) in [7, 11) is -7.88. The van der Waals surface area contributed by atoms with Gasteiger partial charge in [-0.3, -0.25) is 9.35 Å². The molecule has 1 unspecified atom stereocenters. The Balaban J connectivity index is 0.000000854. The molecule has 6 N–H and O–H groups in total. The second kappa shape index (κ2) is 14.2. The standard InChI is InChI=1S/C26H30ClN5O7S.CH4O3S/c27-16-12-20-22(21(13-16)29-17-6-8-31(9-7-17)26(34)35)30-23(25(28)33)24(20)40(36,37)32-10-11-38-19(14-32)15-39-18-4-2-1-3-5-18;1-5(2,3)4/h1-5,12-13,17,19,29-30H,6-11,14-15H2,(H2,28,33)(H,34,35);1H3,(H,2,3,4). The molecular weight excluding hydrogens is 654 g/mol. The van der Waals surface area contributed by atoms with Gasteiger partial charge in [0.25, 0.3) is 16.0 Å². The predicted octanol–water partition coefficient (Wildman–Crippen LogP) is 2.45. The molecule has 0 bridgehead atoms. The van der Waals surface area contributed by atoms with Gasteiger partial charge >= 0.3 is 6.09 Å². The zero-order valence-corrected chi connectivity index (χ0v) is 26.6. The predicted molar refractivity (Wildman–Crippen MR) is 166 cm³/mol. The van der Waals surface area contributed by atoms with Crippen LogP contribution in [0, 0.1) is 0 Å². The van der Waals surface area contributed by atoms with Crippen molar-refractivity contribution in [1.29, 1.82) is 0 Å². The topological polar surface area (TPSA) is 222 Å². The van der Waals surface area contributed by atoms with E-state index in [9.17, 15) is 31.5 Å². The highest BCUT2D eigenvalue weighted by atomic mass is 35.5. The molecule has 0 aliphatic carbocycles. The number of hydrogen-bond acceptors (Lipinski definition) is 9. The van der Waals surface area contributed by atoms with E-state index in [1.165, 1.54) is 15.3 Å². The first-order chi connectivity index (χ1) is 21.1. The second-order valence-corrected chi connectivity index (χ2v) is 14.2. The van der Waals surface area contributed by atoms with Crippen LogP contribution in [0.1, 0.15) is 23.3 Å². The van der Waals surface area contributed by atoms with E-state index in [1.54, 1.807) is 18.2 Å². The number of carbonyl (C=O) groups excluding carboxylic acids is 1. The van der Waals surface area contributed by atoms with Crippen molar-refractivity contribution in [2.45, 2.75) is 29.9 Å². The lowest BCUT2D eigenvalue weighted by Gasteiger charge is -2.32. The smallest absolute Gasteiger partial charge is 0.407 e. The molecule has 2 amide bonds. The third-order valence-electron chi connectivity index (χ3n) is 7.07. The van der Waals surface area contributed by atoms with Crippen molar-refractivity contribution in [3.05, 3.63) is 53.2 Å².